The zero-order valence-corrected chi connectivity index (χ0v) is 21.8. The van der Waals surface area contributed by atoms with Gasteiger partial charge in [0.05, 0.1) is 23.8 Å². The van der Waals surface area contributed by atoms with Gasteiger partial charge in [-0.3, -0.25) is 9.97 Å². The molecular formula is C27H34ClN3O3S. The fourth-order valence-electron chi connectivity index (χ4n) is 4.87. The molecule has 1 aliphatic rings. The Morgan fingerprint density at radius 2 is 1.97 bits per heavy atom. The summed E-state index contributed by atoms with van der Waals surface area (Å²) in [6.45, 7) is 3.17. The van der Waals surface area contributed by atoms with E-state index in [2.05, 4.69) is 14.9 Å². The summed E-state index contributed by atoms with van der Waals surface area (Å²) in [7, 11) is 1.62. The van der Waals surface area contributed by atoms with E-state index in [0.29, 0.717) is 22.8 Å². The molecule has 35 heavy (non-hydrogen) atoms. The molecule has 2 aromatic heterocycles. The zero-order chi connectivity index (χ0) is 24.7. The van der Waals surface area contributed by atoms with Crippen molar-refractivity contribution in [2.45, 2.75) is 43.1 Å². The molecule has 1 aliphatic heterocycles. The molecule has 0 unspecified atom stereocenters. The number of ether oxygens (including phenoxy) is 1. The van der Waals surface area contributed by atoms with Crippen LogP contribution < -0.4 is 4.74 Å². The molecule has 1 atom stereocenters. The predicted octanol–water partition coefficient (Wildman–Crippen LogP) is 5.36. The van der Waals surface area contributed by atoms with Crippen LogP contribution in [0.15, 0.2) is 53.8 Å². The first kappa shape index (κ1) is 26.2. The summed E-state index contributed by atoms with van der Waals surface area (Å²) in [5, 5.41) is 22.7. The van der Waals surface area contributed by atoms with Gasteiger partial charge in [-0.1, -0.05) is 11.6 Å². The highest BCUT2D eigenvalue weighted by molar-refractivity contribution is 7.99. The number of benzene rings is 1. The number of rotatable bonds is 11. The second kappa shape index (κ2) is 12.4. The fourth-order valence-corrected chi connectivity index (χ4v) is 5.97. The van der Waals surface area contributed by atoms with Gasteiger partial charge in [-0.15, -0.1) is 11.8 Å². The smallest absolute Gasteiger partial charge is 0.119 e. The van der Waals surface area contributed by atoms with Crippen molar-refractivity contribution in [3.8, 4) is 5.75 Å². The Labute approximate surface area is 216 Å². The molecule has 0 bridgehead atoms. The molecule has 8 heteroatoms. The molecule has 0 aliphatic carbocycles. The first-order valence-corrected chi connectivity index (χ1v) is 13.6. The van der Waals surface area contributed by atoms with Gasteiger partial charge in [0.2, 0.25) is 0 Å². The van der Waals surface area contributed by atoms with E-state index in [1.54, 1.807) is 13.3 Å². The summed E-state index contributed by atoms with van der Waals surface area (Å²) >= 11 is 8.35. The third-order valence-electron chi connectivity index (χ3n) is 7.14. The number of aromatic nitrogens is 2. The lowest BCUT2D eigenvalue weighted by molar-refractivity contribution is 0.0238. The molecule has 6 nitrogen and oxygen atoms in total. The number of hydrogen-bond acceptors (Lipinski definition) is 7. The lowest BCUT2D eigenvalue weighted by Gasteiger charge is -2.41. The zero-order valence-electron chi connectivity index (χ0n) is 20.2. The summed E-state index contributed by atoms with van der Waals surface area (Å²) < 4.78 is 5.36. The van der Waals surface area contributed by atoms with Crippen LogP contribution in [0.4, 0.5) is 0 Å². The Bertz CT molecular complexity index is 1090. The fraction of sp³-hybridized carbons (Fsp3) is 0.481. The lowest BCUT2D eigenvalue weighted by Crippen LogP contribution is -2.42. The minimum absolute atomic E-state index is 0.143. The van der Waals surface area contributed by atoms with Gasteiger partial charge in [-0.25, -0.2) is 0 Å². The standard InChI is InChI=1S/C27H34ClN3O3S/c1-34-20-3-4-24-22(17-20)26(23(28)18-30-24)25(33)5-8-27(19-32)9-14-31(15-10-27)13-2-16-35-21-6-11-29-12-7-21/h3-4,6-7,11-12,17-18,25,32-33H,2,5,8-10,13-16,19H2,1H3/t25-/m1/s1. The van der Waals surface area contributed by atoms with E-state index in [0.717, 1.165) is 62.0 Å². The second-order valence-corrected chi connectivity index (χ2v) is 10.9. The number of fused-ring (bicyclic) bond motifs is 1. The molecule has 4 rings (SSSR count). The SMILES string of the molecule is COc1ccc2ncc(Cl)c([C@H](O)CCC3(CO)CCN(CCCSc4ccncc4)CC3)c2c1. The quantitative estimate of drug-likeness (QED) is 0.263. The number of aliphatic hydroxyl groups excluding tert-OH is 2. The highest BCUT2D eigenvalue weighted by Crippen LogP contribution is 2.40. The van der Waals surface area contributed by atoms with Gasteiger partial charge in [0, 0.05) is 41.0 Å². The number of hydrogen-bond donors (Lipinski definition) is 2. The summed E-state index contributed by atoms with van der Waals surface area (Å²) in [5.41, 5.74) is 1.31. The topological polar surface area (TPSA) is 78.7 Å². The van der Waals surface area contributed by atoms with E-state index < -0.39 is 6.10 Å². The van der Waals surface area contributed by atoms with E-state index in [4.69, 9.17) is 16.3 Å². The number of likely N-dealkylation sites (tertiary alicyclic amines) is 1. The summed E-state index contributed by atoms with van der Waals surface area (Å²) in [6, 6.07) is 9.70. The minimum Gasteiger partial charge on any atom is -0.497 e. The number of aliphatic hydroxyl groups is 2. The van der Waals surface area contributed by atoms with Crippen LogP contribution in [0.2, 0.25) is 5.02 Å². The van der Waals surface area contributed by atoms with Crippen molar-refractivity contribution in [1.29, 1.82) is 0 Å². The van der Waals surface area contributed by atoms with Crippen molar-refractivity contribution in [2.24, 2.45) is 5.41 Å². The van der Waals surface area contributed by atoms with Crippen LogP contribution >= 0.6 is 23.4 Å². The first-order chi connectivity index (χ1) is 17.0. The Hall–Kier alpha value is -1.90. The molecule has 3 heterocycles. The molecule has 0 saturated carbocycles. The van der Waals surface area contributed by atoms with Crippen LogP contribution in [0.5, 0.6) is 5.75 Å². The normalized spacial score (nSPS) is 16.9. The largest absolute Gasteiger partial charge is 0.497 e. The molecule has 1 saturated heterocycles. The summed E-state index contributed by atoms with van der Waals surface area (Å²) in [4.78, 5) is 12.2. The Morgan fingerprint density at radius 1 is 1.20 bits per heavy atom. The maximum absolute atomic E-state index is 11.1. The average molecular weight is 516 g/mol. The number of halogens is 1. The Kier molecular flexibility index (Phi) is 9.25. The Balaban J connectivity index is 1.30. The molecule has 1 fully saturated rings. The van der Waals surface area contributed by atoms with Crippen LogP contribution in [0.1, 0.15) is 43.8 Å². The highest BCUT2D eigenvalue weighted by atomic mass is 35.5. The second-order valence-electron chi connectivity index (χ2n) is 9.34. The molecular weight excluding hydrogens is 482 g/mol. The lowest BCUT2D eigenvalue weighted by atomic mass is 9.74. The van der Waals surface area contributed by atoms with Gasteiger partial charge >= 0.3 is 0 Å². The van der Waals surface area contributed by atoms with Crippen molar-refractivity contribution in [2.75, 3.05) is 39.1 Å². The van der Waals surface area contributed by atoms with E-state index in [1.165, 1.54) is 4.90 Å². The van der Waals surface area contributed by atoms with Gasteiger partial charge in [0.1, 0.15) is 5.75 Å². The van der Waals surface area contributed by atoms with Crippen molar-refractivity contribution in [1.82, 2.24) is 14.9 Å². The molecule has 0 radical (unpaired) electrons. The minimum atomic E-state index is -0.730. The van der Waals surface area contributed by atoms with Crippen LogP contribution in [-0.2, 0) is 0 Å². The number of nitrogens with zero attached hydrogens (tertiary/aromatic N) is 3. The molecule has 1 aromatic carbocycles. The van der Waals surface area contributed by atoms with E-state index in [1.807, 2.05) is 54.5 Å². The monoisotopic (exact) mass is 515 g/mol. The van der Waals surface area contributed by atoms with Gasteiger partial charge in [0.25, 0.3) is 0 Å². The van der Waals surface area contributed by atoms with E-state index >= 15 is 0 Å². The van der Waals surface area contributed by atoms with Crippen molar-refractivity contribution in [3.05, 3.63) is 59.5 Å². The van der Waals surface area contributed by atoms with Crippen molar-refractivity contribution >= 4 is 34.3 Å². The number of methoxy groups -OCH3 is 1. The van der Waals surface area contributed by atoms with Crippen molar-refractivity contribution < 1.29 is 14.9 Å². The number of piperidine rings is 1. The van der Waals surface area contributed by atoms with Gasteiger partial charge < -0.3 is 19.8 Å². The average Bonchev–Trinajstić information content (AvgIpc) is 2.90. The Morgan fingerprint density at radius 3 is 2.69 bits per heavy atom. The van der Waals surface area contributed by atoms with Gasteiger partial charge in [-0.05, 0) is 93.2 Å². The van der Waals surface area contributed by atoms with Crippen LogP contribution in [-0.4, -0.2) is 64.2 Å². The van der Waals surface area contributed by atoms with E-state index in [-0.39, 0.29) is 12.0 Å². The summed E-state index contributed by atoms with van der Waals surface area (Å²) in [5.74, 6) is 1.79. The highest BCUT2D eigenvalue weighted by Gasteiger charge is 2.34. The van der Waals surface area contributed by atoms with Crippen LogP contribution in [0, 0.1) is 5.41 Å². The van der Waals surface area contributed by atoms with Gasteiger partial charge in [0.15, 0.2) is 0 Å². The molecule has 2 N–H and O–H groups in total. The van der Waals surface area contributed by atoms with Crippen LogP contribution in [0.3, 0.4) is 0 Å². The molecule has 0 spiro atoms. The number of thioether (sulfide) groups is 1. The van der Waals surface area contributed by atoms with Gasteiger partial charge in [-0.2, -0.15) is 0 Å². The van der Waals surface area contributed by atoms with Crippen molar-refractivity contribution in [3.63, 3.8) is 0 Å². The molecule has 188 valence electrons. The molecule has 0 amide bonds. The van der Waals surface area contributed by atoms with Crippen LogP contribution in [0.25, 0.3) is 10.9 Å². The third kappa shape index (κ3) is 6.66. The summed E-state index contributed by atoms with van der Waals surface area (Å²) in [6.07, 6.45) is 8.84. The molecule has 3 aromatic rings. The van der Waals surface area contributed by atoms with E-state index in [9.17, 15) is 10.2 Å². The number of pyridine rings is 2. The predicted molar refractivity (Wildman–Crippen MR) is 142 cm³/mol. The maximum Gasteiger partial charge on any atom is 0.119 e. The maximum atomic E-state index is 11.1. The first-order valence-electron chi connectivity index (χ1n) is 12.2. The third-order valence-corrected chi connectivity index (χ3v) is 8.54.